The van der Waals surface area contributed by atoms with Gasteiger partial charge in [-0.15, -0.1) is 11.6 Å². The lowest BCUT2D eigenvalue weighted by Crippen LogP contribution is -2.49. The Morgan fingerprint density at radius 3 is 2.58 bits per heavy atom. The largest absolute Gasteiger partial charge is 0.508 e. The van der Waals surface area contributed by atoms with Gasteiger partial charge >= 0.3 is 0 Å². The molecule has 0 atom stereocenters. The average Bonchev–Trinajstić information content (AvgIpc) is 2.39. The minimum atomic E-state index is 0.0445. The maximum absolute atomic E-state index is 12.4. The number of benzene rings is 1. The van der Waals surface area contributed by atoms with Crippen LogP contribution < -0.4 is 0 Å². The molecule has 1 aromatic carbocycles. The summed E-state index contributed by atoms with van der Waals surface area (Å²) in [6.45, 7) is 5.93. The molecular weight excluding hydrogens is 264 g/mol. The van der Waals surface area contributed by atoms with Crippen LogP contribution in [0.25, 0.3) is 0 Å². The molecule has 0 radical (unpaired) electrons. The molecule has 0 unspecified atom stereocenters. The van der Waals surface area contributed by atoms with E-state index in [1.54, 1.807) is 18.2 Å². The lowest BCUT2D eigenvalue weighted by atomic mass is 10.1. The van der Waals surface area contributed by atoms with Crippen molar-refractivity contribution < 1.29 is 9.90 Å². The molecule has 0 spiro atoms. The van der Waals surface area contributed by atoms with Gasteiger partial charge in [0.15, 0.2) is 0 Å². The van der Waals surface area contributed by atoms with Crippen LogP contribution in [0.4, 0.5) is 0 Å². The molecular formula is C14H19ClN2O2. The van der Waals surface area contributed by atoms with Gasteiger partial charge in [0, 0.05) is 44.2 Å². The third kappa shape index (κ3) is 3.39. The van der Waals surface area contributed by atoms with Crippen LogP contribution >= 0.6 is 11.6 Å². The second-order valence-corrected chi connectivity index (χ2v) is 5.20. The highest BCUT2D eigenvalue weighted by molar-refractivity contribution is 6.18. The molecule has 1 aliphatic rings. The van der Waals surface area contributed by atoms with Gasteiger partial charge in [0.2, 0.25) is 0 Å². The van der Waals surface area contributed by atoms with Gasteiger partial charge in [0.1, 0.15) is 5.75 Å². The van der Waals surface area contributed by atoms with Crippen LogP contribution in [0.3, 0.4) is 0 Å². The van der Waals surface area contributed by atoms with Crippen molar-refractivity contribution in [2.75, 3.05) is 38.6 Å². The van der Waals surface area contributed by atoms with Gasteiger partial charge in [-0.25, -0.2) is 0 Å². The third-order valence-corrected chi connectivity index (χ3v) is 3.67. The Kier molecular flexibility index (Phi) is 4.66. The van der Waals surface area contributed by atoms with Crippen LogP contribution in [0.1, 0.15) is 15.9 Å². The van der Waals surface area contributed by atoms with E-state index < -0.39 is 0 Å². The lowest BCUT2D eigenvalue weighted by molar-refractivity contribution is 0.0643. The standard InChI is InChI=1S/C14H19ClN2O2/c1-11-10-12(18)2-3-13(11)14(19)17-8-6-16(5-4-15)7-9-17/h2-3,10,18H,4-9H2,1H3. The van der Waals surface area contributed by atoms with Crippen LogP contribution in [0, 0.1) is 6.92 Å². The predicted octanol–water partition coefficient (Wildman–Crippen LogP) is 1.70. The number of halogens is 1. The molecule has 1 aliphatic heterocycles. The number of carbonyl (C=O) groups excluding carboxylic acids is 1. The van der Waals surface area contributed by atoms with Crippen molar-refractivity contribution in [2.24, 2.45) is 0 Å². The molecule has 1 heterocycles. The second kappa shape index (κ2) is 6.26. The summed E-state index contributed by atoms with van der Waals surface area (Å²) in [7, 11) is 0. The first-order chi connectivity index (χ1) is 9.11. The van der Waals surface area contributed by atoms with Gasteiger partial charge in [-0.2, -0.15) is 0 Å². The van der Waals surface area contributed by atoms with E-state index in [1.807, 2.05) is 11.8 Å². The van der Waals surface area contributed by atoms with Crippen molar-refractivity contribution in [3.63, 3.8) is 0 Å². The number of phenolic OH excluding ortho intramolecular Hbond substituents is 1. The fourth-order valence-electron chi connectivity index (χ4n) is 2.35. The third-order valence-electron chi connectivity index (χ3n) is 3.50. The summed E-state index contributed by atoms with van der Waals surface area (Å²) < 4.78 is 0. The van der Waals surface area contributed by atoms with Crippen LogP contribution in [-0.2, 0) is 0 Å². The minimum Gasteiger partial charge on any atom is -0.508 e. The Morgan fingerprint density at radius 1 is 1.32 bits per heavy atom. The number of rotatable bonds is 3. The Bertz CT molecular complexity index is 457. The molecule has 1 saturated heterocycles. The summed E-state index contributed by atoms with van der Waals surface area (Å²) in [4.78, 5) is 16.5. The van der Waals surface area contributed by atoms with Crippen molar-refractivity contribution in [3.8, 4) is 5.75 Å². The molecule has 104 valence electrons. The maximum atomic E-state index is 12.4. The quantitative estimate of drug-likeness (QED) is 0.858. The van der Waals surface area contributed by atoms with Crippen molar-refractivity contribution in [2.45, 2.75) is 6.92 Å². The van der Waals surface area contributed by atoms with E-state index in [9.17, 15) is 9.90 Å². The van der Waals surface area contributed by atoms with E-state index in [0.717, 1.165) is 38.3 Å². The highest BCUT2D eigenvalue weighted by Crippen LogP contribution is 2.18. The Hall–Kier alpha value is -1.26. The van der Waals surface area contributed by atoms with E-state index >= 15 is 0 Å². The van der Waals surface area contributed by atoms with E-state index in [2.05, 4.69) is 4.90 Å². The lowest BCUT2D eigenvalue weighted by Gasteiger charge is -2.34. The summed E-state index contributed by atoms with van der Waals surface area (Å²) in [6.07, 6.45) is 0. The summed E-state index contributed by atoms with van der Waals surface area (Å²) >= 11 is 5.72. The second-order valence-electron chi connectivity index (χ2n) is 4.82. The van der Waals surface area contributed by atoms with E-state index in [-0.39, 0.29) is 11.7 Å². The van der Waals surface area contributed by atoms with Crippen molar-refractivity contribution in [1.29, 1.82) is 0 Å². The molecule has 4 nitrogen and oxygen atoms in total. The number of hydrogen-bond donors (Lipinski definition) is 1. The number of nitrogens with zero attached hydrogens (tertiary/aromatic N) is 2. The smallest absolute Gasteiger partial charge is 0.254 e. The van der Waals surface area contributed by atoms with Gasteiger partial charge in [-0.3, -0.25) is 9.69 Å². The predicted molar refractivity (Wildman–Crippen MR) is 75.9 cm³/mol. The topological polar surface area (TPSA) is 43.8 Å². The van der Waals surface area contributed by atoms with Crippen molar-refractivity contribution in [3.05, 3.63) is 29.3 Å². The van der Waals surface area contributed by atoms with Crippen LogP contribution in [0.15, 0.2) is 18.2 Å². The number of hydrogen-bond acceptors (Lipinski definition) is 3. The summed E-state index contributed by atoms with van der Waals surface area (Å²) in [5, 5.41) is 9.38. The Labute approximate surface area is 118 Å². The highest BCUT2D eigenvalue weighted by atomic mass is 35.5. The van der Waals surface area contributed by atoms with E-state index in [0.29, 0.717) is 11.4 Å². The number of aryl methyl sites for hydroxylation is 1. The van der Waals surface area contributed by atoms with Gasteiger partial charge < -0.3 is 10.0 Å². The number of alkyl halides is 1. The molecule has 1 fully saturated rings. The number of piperazine rings is 1. The monoisotopic (exact) mass is 282 g/mol. The zero-order chi connectivity index (χ0) is 13.8. The Balaban J connectivity index is 2.01. The van der Waals surface area contributed by atoms with Gasteiger partial charge in [-0.1, -0.05) is 0 Å². The first-order valence-electron chi connectivity index (χ1n) is 6.49. The number of amides is 1. The van der Waals surface area contributed by atoms with Crippen LogP contribution in [0.2, 0.25) is 0 Å². The van der Waals surface area contributed by atoms with E-state index in [4.69, 9.17) is 11.6 Å². The summed E-state index contributed by atoms with van der Waals surface area (Å²) in [5.41, 5.74) is 1.48. The molecule has 5 heteroatoms. The fourth-order valence-corrected chi connectivity index (χ4v) is 2.59. The van der Waals surface area contributed by atoms with Gasteiger partial charge in [-0.05, 0) is 30.7 Å². The molecule has 2 rings (SSSR count). The maximum Gasteiger partial charge on any atom is 0.254 e. The number of aromatic hydroxyl groups is 1. The highest BCUT2D eigenvalue weighted by Gasteiger charge is 2.22. The fraction of sp³-hybridized carbons (Fsp3) is 0.500. The molecule has 0 saturated carbocycles. The molecule has 1 amide bonds. The Morgan fingerprint density at radius 2 is 2.00 bits per heavy atom. The first kappa shape index (κ1) is 14.2. The number of carbonyl (C=O) groups is 1. The summed E-state index contributed by atoms with van der Waals surface area (Å²) in [6, 6.07) is 4.87. The van der Waals surface area contributed by atoms with Crippen molar-refractivity contribution in [1.82, 2.24) is 9.80 Å². The SMILES string of the molecule is Cc1cc(O)ccc1C(=O)N1CCN(CCCl)CC1. The molecule has 0 bridgehead atoms. The average molecular weight is 283 g/mol. The van der Waals surface area contributed by atoms with Crippen molar-refractivity contribution >= 4 is 17.5 Å². The van der Waals surface area contributed by atoms with E-state index in [1.165, 1.54) is 0 Å². The number of phenols is 1. The molecule has 19 heavy (non-hydrogen) atoms. The zero-order valence-electron chi connectivity index (χ0n) is 11.1. The van der Waals surface area contributed by atoms with Crippen LogP contribution in [-0.4, -0.2) is 59.4 Å². The molecule has 1 aromatic rings. The van der Waals surface area contributed by atoms with Crippen LogP contribution in [0.5, 0.6) is 5.75 Å². The molecule has 0 aliphatic carbocycles. The summed E-state index contributed by atoms with van der Waals surface area (Å²) in [5.74, 6) is 0.870. The molecule has 0 aromatic heterocycles. The normalized spacial score (nSPS) is 16.6. The minimum absolute atomic E-state index is 0.0445. The first-order valence-corrected chi connectivity index (χ1v) is 7.02. The van der Waals surface area contributed by atoms with Gasteiger partial charge in [0.25, 0.3) is 5.91 Å². The molecule has 1 N–H and O–H groups in total. The van der Waals surface area contributed by atoms with Gasteiger partial charge in [0.05, 0.1) is 0 Å². The zero-order valence-corrected chi connectivity index (χ0v) is 11.9.